The number of aryl methyl sites for hydroxylation is 2. The third-order valence-electron chi connectivity index (χ3n) is 5.57. The molecule has 168 valence electrons. The van der Waals surface area contributed by atoms with Crippen molar-refractivity contribution in [2.24, 2.45) is 5.92 Å². The summed E-state index contributed by atoms with van der Waals surface area (Å²) in [6, 6.07) is 11.8. The van der Waals surface area contributed by atoms with E-state index >= 15 is 0 Å². The van der Waals surface area contributed by atoms with Gasteiger partial charge in [0, 0.05) is 18.1 Å². The van der Waals surface area contributed by atoms with Crippen LogP contribution in [0.25, 0.3) is 0 Å². The van der Waals surface area contributed by atoms with Crippen LogP contribution in [-0.2, 0) is 14.8 Å². The lowest BCUT2D eigenvalue weighted by atomic mass is 9.98. The van der Waals surface area contributed by atoms with Crippen LogP contribution in [0.1, 0.15) is 30.9 Å². The summed E-state index contributed by atoms with van der Waals surface area (Å²) in [4.78, 5) is 13.0. The quantitative estimate of drug-likeness (QED) is 0.673. The van der Waals surface area contributed by atoms with Crippen LogP contribution in [-0.4, -0.2) is 44.4 Å². The molecular formula is C23H29ClN2O4S. The number of ether oxygens (including phenoxy) is 1. The van der Waals surface area contributed by atoms with Gasteiger partial charge in [0.15, 0.2) is 0 Å². The molecule has 0 bridgehead atoms. The summed E-state index contributed by atoms with van der Waals surface area (Å²) in [6.07, 6.45) is 1.29. The lowest BCUT2D eigenvalue weighted by molar-refractivity contribution is -0.126. The number of amides is 1. The van der Waals surface area contributed by atoms with E-state index in [9.17, 15) is 13.2 Å². The fraction of sp³-hybridized carbons (Fsp3) is 0.435. The number of carbonyl (C=O) groups is 1. The Morgan fingerprint density at radius 1 is 1.19 bits per heavy atom. The lowest BCUT2D eigenvalue weighted by Crippen LogP contribution is -2.48. The van der Waals surface area contributed by atoms with Gasteiger partial charge in [-0.05, 0) is 81.1 Å². The van der Waals surface area contributed by atoms with Crippen molar-refractivity contribution in [3.63, 3.8) is 0 Å². The van der Waals surface area contributed by atoms with Crippen molar-refractivity contribution < 1.29 is 17.9 Å². The van der Waals surface area contributed by atoms with Crippen LogP contribution in [0.15, 0.2) is 47.4 Å². The predicted octanol–water partition coefficient (Wildman–Crippen LogP) is 3.94. The summed E-state index contributed by atoms with van der Waals surface area (Å²) in [5.41, 5.74) is 2.35. The zero-order chi connectivity index (χ0) is 22.6. The number of nitrogens with zero attached hydrogens (tertiary/aromatic N) is 1. The summed E-state index contributed by atoms with van der Waals surface area (Å²) in [7, 11) is -3.66. The Bertz CT molecular complexity index is 1020. The second kappa shape index (κ2) is 10.0. The summed E-state index contributed by atoms with van der Waals surface area (Å²) < 4.78 is 33.1. The molecule has 1 amide bonds. The van der Waals surface area contributed by atoms with Crippen LogP contribution in [0.5, 0.6) is 5.75 Å². The minimum absolute atomic E-state index is 0.146. The number of hydrogen-bond acceptors (Lipinski definition) is 4. The molecule has 1 fully saturated rings. The zero-order valence-corrected chi connectivity index (χ0v) is 19.7. The molecule has 1 aliphatic heterocycles. The first kappa shape index (κ1) is 23.6. The number of carbonyl (C=O) groups excluding carboxylic acids is 1. The molecule has 3 rings (SSSR count). The summed E-state index contributed by atoms with van der Waals surface area (Å²) in [5, 5.41) is 3.44. The van der Waals surface area contributed by atoms with Crippen LogP contribution in [0, 0.1) is 19.8 Å². The Hall–Kier alpha value is -2.09. The smallest absolute Gasteiger partial charge is 0.243 e. The van der Waals surface area contributed by atoms with Crippen molar-refractivity contribution in [3.8, 4) is 5.75 Å². The molecule has 2 aromatic rings. The van der Waals surface area contributed by atoms with Gasteiger partial charge in [0.25, 0.3) is 0 Å². The van der Waals surface area contributed by atoms with E-state index in [2.05, 4.69) is 5.32 Å². The highest BCUT2D eigenvalue weighted by molar-refractivity contribution is 7.89. The summed E-state index contributed by atoms with van der Waals surface area (Å²) in [6.45, 7) is 6.86. The van der Waals surface area contributed by atoms with Gasteiger partial charge >= 0.3 is 0 Å². The van der Waals surface area contributed by atoms with Gasteiger partial charge < -0.3 is 10.1 Å². The van der Waals surface area contributed by atoms with E-state index in [-0.39, 0.29) is 29.3 Å². The molecule has 1 saturated heterocycles. The van der Waals surface area contributed by atoms with E-state index in [4.69, 9.17) is 16.3 Å². The first-order valence-electron chi connectivity index (χ1n) is 10.4. The SMILES string of the molecule is Cc1ccc(OC[C@@H](C)NC(=O)[C@H]2CCCN(S(=O)(=O)c3ccc(Cl)cc3)C2)cc1C. The average molecular weight is 465 g/mol. The largest absolute Gasteiger partial charge is 0.491 e. The van der Waals surface area contributed by atoms with Gasteiger partial charge in [0.1, 0.15) is 12.4 Å². The second-order valence-electron chi connectivity index (χ2n) is 8.12. The van der Waals surface area contributed by atoms with Crippen molar-refractivity contribution in [2.45, 2.75) is 44.6 Å². The highest BCUT2D eigenvalue weighted by Gasteiger charge is 2.33. The van der Waals surface area contributed by atoms with E-state index in [0.717, 1.165) is 11.3 Å². The first-order chi connectivity index (χ1) is 14.7. The Morgan fingerprint density at radius 2 is 1.90 bits per heavy atom. The van der Waals surface area contributed by atoms with Crippen molar-refractivity contribution in [1.82, 2.24) is 9.62 Å². The monoisotopic (exact) mass is 464 g/mol. The predicted molar refractivity (Wildman–Crippen MR) is 122 cm³/mol. The third kappa shape index (κ3) is 5.99. The Morgan fingerprint density at radius 3 is 2.58 bits per heavy atom. The van der Waals surface area contributed by atoms with Gasteiger partial charge in [-0.1, -0.05) is 17.7 Å². The summed E-state index contributed by atoms with van der Waals surface area (Å²) in [5.74, 6) is 0.231. The molecule has 1 N–H and O–H groups in total. The van der Waals surface area contributed by atoms with Gasteiger partial charge in [-0.3, -0.25) is 4.79 Å². The number of piperidine rings is 1. The minimum atomic E-state index is -3.66. The van der Waals surface area contributed by atoms with E-state index in [1.165, 1.54) is 22.0 Å². The standard InChI is InChI=1S/C23H29ClN2O4S/c1-16-6-9-21(13-17(16)2)30-15-18(3)25-23(27)19-5-4-12-26(14-19)31(28,29)22-10-7-20(24)8-11-22/h6-11,13,18-19H,4-5,12,14-15H2,1-3H3,(H,25,27)/t18-,19+/m1/s1. The molecule has 0 aliphatic carbocycles. The van der Waals surface area contributed by atoms with Gasteiger partial charge in [-0.15, -0.1) is 0 Å². The maximum atomic E-state index is 12.9. The molecule has 2 aromatic carbocycles. The van der Waals surface area contributed by atoms with Crippen LogP contribution in [0.4, 0.5) is 0 Å². The molecule has 1 heterocycles. The normalized spacial score (nSPS) is 18.4. The topological polar surface area (TPSA) is 75.7 Å². The van der Waals surface area contributed by atoms with Gasteiger partial charge in [0.2, 0.25) is 15.9 Å². The number of nitrogens with one attached hydrogen (secondary N) is 1. The zero-order valence-electron chi connectivity index (χ0n) is 18.1. The third-order valence-corrected chi connectivity index (χ3v) is 7.70. The molecule has 0 aromatic heterocycles. The second-order valence-corrected chi connectivity index (χ2v) is 10.5. The maximum absolute atomic E-state index is 12.9. The number of hydrogen-bond donors (Lipinski definition) is 1. The number of benzene rings is 2. The van der Waals surface area contributed by atoms with Crippen LogP contribution in [0.3, 0.4) is 0 Å². The molecule has 8 heteroatoms. The average Bonchev–Trinajstić information content (AvgIpc) is 2.75. The minimum Gasteiger partial charge on any atom is -0.491 e. The van der Waals surface area contributed by atoms with E-state index in [0.29, 0.717) is 31.0 Å². The highest BCUT2D eigenvalue weighted by atomic mass is 35.5. The fourth-order valence-corrected chi connectivity index (χ4v) is 5.21. The first-order valence-corrected chi connectivity index (χ1v) is 12.2. The molecule has 2 atom stereocenters. The van der Waals surface area contributed by atoms with Crippen molar-refractivity contribution >= 4 is 27.5 Å². The molecule has 0 spiro atoms. The van der Waals surface area contributed by atoms with Crippen molar-refractivity contribution in [3.05, 3.63) is 58.6 Å². The molecule has 1 aliphatic rings. The van der Waals surface area contributed by atoms with Gasteiger partial charge in [0.05, 0.1) is 16.9 Å². The number of rotatable bonds is 7. The fourth-order valence-electron chi connectivity index (χ4n) is 3.56. The molecule has 0 saturated carbocycles. The van der Waals surface area contributed by atoms with Crippen molar-refractivity contribution in [1.29, 1.82) is 0 Å². The maximum Gasteiger partial charge on any atom is 0.243 e. The molecule has 31 heavy (non-hydrogen) atoms. The van der Waals surface area contributed by atoms with Crippen LogP contribution >= 0.6 is 11.6 Å². The summed E-state index contributed by atoms with van der Waals surface area (Å²) >= 11 is 5.87. The number of sulfonamides is 1. The van der Waals surface area contributed by atoms with E-state index in [1.807, 2.05) is 39.0 Å². The van der Waals surface area contributed by atoms with Crippen LogP contribution < -0.4 is 10.1 Å². The lowest BCUT2D eigenvalue weighted by Gasteiger charge is -2.31. The van der Waals surface area contributed by atoms with E-state index in [1.54, 1.807) is 12.1 Å². The van der Waals surface area contributed by atoms with Gasteiger partial charge in [-0.2, -0.15) is 4.31 Å². The van der Waals surface area contributed by atoms with E-state index < -0.39 is 10.0 Å². The molecule has 0 radical (unpaired) electrons. The highest BCUT2D eigenvalue weighted by Crippen LogP contribution is 2.25. The Labute approximate surface area is 189 Å². The Balaban J connectivity index is 1.56. The molecular weight excluding hydrogens is 436 g/mol. The molecule has 0 unspecified atom stereocenters. The Kier molecular flexibility index (Phi) is 7.62. The van der Waals surface area contributed by atoms with Crippen molar-refractivity contribution in [2.75, 3.05) is 19.7 Å². The molecule has 6 nitrogen and oxygen atoms in total. The van der Waals surface area contributed by atoms with Crippen LogP contribution in [0.2, 0.25) is 5.02 Å². The number of halogens is 1. The van der Waals surface area contributed by atoms with Gasteiger partial charge in [-0.25, -0.2) is 8.42 Å².